The van der Waals surface area contributed by atoms with Crippen molar-refractivity contribution in [2.75, 3.05) is 26.2 Å². The highest BCUT2D eigenvalue weighted by Gasteiger charge is 2.27. The molecule has 0 aliphatic carbocycles. The summed E-state index contributed by atoms with van der Waals surface area (Å²) in [7, 11) is 0. The van der Waals surface area contributed by atoms with Crippen molar-refractivity contribution in [3.8, 4) is 0 Å². The van der Waals surface area contributed by atoms with Gasteiger partial charge in [0, 0.05) is 26.2 Å². The van der Waals surface area contributed by atoms with Crippen molar-refractivity contribution in [1.82, 2.24) is 9.80 Å². The lowest BCUT2D eigenvalue weighted by Crippen LogP contribution is -2.54. The Kier molecular flexibility index (Phi) is 4.55. The molecule has 1 aliphatic rings. The second-order valence-electron chi connectivity index (χ2n) is 4.61. The van der Waals surface area contributed by atoms with Gasteiger partial charge in [0.1, 0.15) is 0 Å². The summed E-state index contributed by atoms with van der Waals surface area (Å²) in [5, 5.41) is 1.90. The lowest BCUT2D eigenvalue weighted by molar-refractivity contribution is -0.134. The minimum absolute atomic E-state index is 0.00859. The first-order chi connectivity index (χ1) is 9.13. The standard InChI is InChI=1S/C13H19N3O2S/c1-2-10(14)12(17)15-5-7-16(8-6-15)13(18)11-4-3-9-19-11/h3-4,9-10H,2,5-8,14H2,1H3/t10-/m1/s1. The van der Waals surface area contributed by atoms with Crippen LogP contribution in [0.15, 0.2) is 17.5 Å². The number of carbonyl (C=O) groups is 2. The first kappa shape index (κ1) is 14.0. The van der Waals surface area contributed by atoms with Crippen LogP contribution in [0.2, 0.25) is 0 Å². The summed E-state index contributed by atoms with van der Waals surface area (Å²) in [6.07, 6.45) is 0.646. The predicted molar refractivity (Wildman–Crippen MR) is 75.1 cm³/mol. The van der Waals surface area contributed by atoms with Gasteiger partial charge in [0.25, 0.3) is 5.91 Å². The SMILES string of the molecule is CC[C@@H](N)C(=O)N1CCN(C(=O)c2cccs2)CC1. The van der Waals surface area contributed by atoms with Gasteiger partial charge < -0.3 is 15.5 Å². The summed E-state index contributed by atoms with van der Waals surface area (Å²) in [6.45, 7) is 4.21. The zero-order valence-electron chi connectivity index (χ0n) is 11.0. The minimum atomic E-state index is -0.417. The molecule has 0 aromatic carbocycles. The van der Waals surface area contributed by atoms with E-state index in [1.165, 1.54) is 11.3 Å². The number of hydrogen-bond acceptors (Lipinski definition) is 4. The molecule has 1 aliphatic heterocycles. The fraction of sp³-hybridized carbons (Fsp3) is 0.538. The van der Waals surface area contributed by atoms with Gasteiger partial charge in [-0.05, 0) is 17.9 Å². The maximum absolute atomic E-state index is 12.1. The number of piperazine rings is 1. The van der Waals surface area contributed by atoms with Gasteiger partial charge in [0.15, 0.2) is 0 Å². The highest BCUT2D eigenvalue weighted by atomic mass is 32.1. The molecule has 0 bridgehead atoms. The Labute approximate surface area is 117 Å². The Morgan fingerprint density at radius 3 is 2.47 bits per heavy atom. The molecule has 2 amide bonds. The number of nitrogens with zero attached hydrogens (tertiary/aromatic N) is 2. The second kappa shape index (κ2) is 6.16. The number of amides is 2. The normalized spacial score (nSPS) is 17.4. The Bertz CT molecular complexity index is 439. The zero-order chi connectivity index (χ0) is 13.8. The molecule has 2 N–H and O–H groups in total. The molecule has 0 radical (unpaired) electrons. The average molecular weight is 281 g/mol. The van der Waals surface area contributed by atoms with E-state index in [4.69, 9.17) is 5.73 Å². The second-order valence-corrected chi connectivity index (χ2v) is 5.56. The van der Waals surface area contributed by atoms with Crippen molar-refractivity contribution in [2.24, 2.45) is 5.73 Å². The molecule has 6 heteroatoms. The molecule has 1 fully saturated rings. The van der Waals surface area contributed by atoms with Gasteiger partial charge in [-0.3, -0.25) is 9.59 Å². The van der Waals surface area contributed by atoms with Gasteiger partial charge in [-0.2, -0.15) is 0 Å². The van der Waals surface area contributed by atoms with Crippen molar-refractivity contribution in [1.29, 1.82) is 0 Å². The molecule has 2 rings (SSSR count). The zero-order valence-corrected chi connectivity index (χ0v) is 11.9. The third-order valence-electron chi connectivity index (χ3n) is 3.37. The molecule has 19 heavy (non-hydrogen) atoms. The van der Waals surface area contributed by atoms with Crippen molar-refractivity contribution < 1.29 is 9.59 Å². The Balaban J connectivity index is 1.89. The topological polar surface area (TPSA) is 66.6 Å². The van der Waals surface area contributed by atoms with Gasteiger partial charge in [-0.15, -0.1) is 11.3 Å². The van der Waals surface area contributed by atoms with E-state index in [0.29, 0.717) is 32.6 Å². The third-order valence-corrected chi connectivity index (χ3v) is 4.23. The van der Waals surface area contributed by atoms with Gasteiger partial charge >= 0.3 is 0 Å². The molecule has 1 aromatic heterocycles. The molecule has 104 valence electrons. The fourth-order valence-electron chi connectivity index (χ4n) is 2.10. The number of thiophene rings is 1. The van der Waals surface area contributed by atoms with Crippen molar-refractivity contribution in [3.05, 3.63) is 22.4 Å². The van der Waals surface area contributed by atoms with E-state index < -0.39 is 6.04 Å². The van der Waals surface area contributed by atoms with Crippen LogP contribution in [-0.2, 0) is 4.79 Å². The largest absolute Gasteiger partial charge is 0.338 e. The van der Waals surface area contributed by atoms with Crippen LogP contribution in [0.3, 0.4) is 0 Å². The van der Waals surface area contributed by atoms with E-state index in [9.17, 15) is 9.59 Å². The molecular formula is C13H19N3O2S. The Morgan fingerprint density at radius 1 is 1.32 bits per heavy atom. The van der Waals surface area contributed by atoms with E-state index in [1.54, 1.807) is 9.80 Å². The lowest BCUT2D eigenvalue weighted by atomic mass is 10.2. The summed E-state index contributed by atoms with van der Waals surface area (Å²) in [4.78, 5) is 28.4. The summed E-state index contributed by atoms with van der Waals surface area (Å²) < 4.78 is 0. The minimum Gasteiger partial charge on any atom is -0.338 e. The first-order valence-corrected chi connectivity index (χ1v) is 7.38. The molecule has 1 saturated heterocycles. The van der Waals surface area contributed by atoms with E-state index in [2.05, 4.69) is 0 Å². The number of nitrogens with two attached hydrogens (primary N) is 1. The van der Waals surface area contributed by atoms with Crippen LogP contribution in [0.4, 0.5) is 0 Å². The van der Waals surface area contributed by atoms with Crippen LogP contribution in [0.1, 0.15) is 23.0 Å². The maximum Gasteiger partial charge on any atom is 0.264 e. The van der Waals surface area contributed by atoms with E-state index in [0.717, 1.165) is 4.88 Å². The molecule has 0 saturated carbocycles. The third kappa shape index (κ3) is 3.13. The monoisotopic (exact) mass is 281 g/mol. The van der Waals surface area contributed by atoms with Crippen LogP contribution in [-0.4, -0.2) is 53.8 Å². The summed E-state index contributed by atoms with van der Waals surface area (Å²) >= 11 is 1.45. The van der Waals surface area contributed by atoms with Gasteiger partial charge in [0.05, 0.1) is 10.9 Å². The van der Waals surface area contributed by atoms with Crippen LogP contribution in [0, 0.1) is 0 Å². The fourth-order valence-corrected chi connectivity index (χ4v) is 2.79. The number of hydrogen-bond donors (Lipinski definition) is 1. The van der Waals surface area contributed by atoms with E-state index in [1.807, 2.05) is 24.4 Å². The predicted octanol–water partition coefficient (Wildman–Crippen LogP) is 0.770. The van der Waals surface area contributed by atoms with Crippen LogP contribution >= 0.6 is 11.3 Å². The van der Waals surface area contributed by atoms with Crippen molar-refractivity contribution in [3.63, 3.8) is 0 Å². The van der Waals surface area contributed by atoms with Gasteiger partial charge in [-0.25, -0.2) is 0 Å². The summed E-state index contributed by atoms with van der Waals surface area (Å²) in [5.41, 5.74) is 5.75. The first-order valence-electron chi connectivity index (χ1n) is 6.50. The van der Waals surface area contributed by atoms with Crippen LogP contribution in [0.5, 0.6) is 0 Å². The van der Waals surface area contributed by atoms with Crippen LogP contribution < -0.4 is 5.73 Å². The van der Waals surface area contributed by atoms with Gasteiger partial charge in [0.2, 0.25) is 5.91 Å². The summed E-state index contributed by atoms with van der Waals surface area (Å²) in [6, 6.07) is 3.29. The molecule has 5 nitrogen and oxygen atoms in total. The van der Waals surface area contributed by atoms with Gasteiger partial charge in [-0.1, -0.05) is 13.0 Å². The molecule has 2 heterocycles. The molecule has 0 spiro atoms. The average Bonchev–Trinajstić information content (AvgIpc) is 2.99. The van der Waals surface area contributed by atoms with E-state index in [-0.39, 0.29) is 11.8 Å². The molecule has 1 aromatic rings. The Morgan fingerprint density at radius 2 is 1.95 bits per heavy atom. The highest BCUT2D eigenvalue weighted by molar-refractivity contribution is 7.12. The smallest absolute Gasteiger partial charge is 0.264 e. The number of carbonyl (C=O) groups excluding carboxylic acids is 2. The molecular weight excluding hydrogens is 262 g/mol. The van der Waals surface area contributed by atoms with E-state index >= 15 is 0 Å². The number of rotatable bonds is 3. The summed E-state index contributed by atoms with van der Waals surface area (Å²) in [5.74, 6) is 0.0487. The quantitative estimate of drug-likeness (QED) is 0.890. The van der Waals surface area contributed by atoms with Crippen molar-refractivity contribution in [2.45, 2.75) is 19.4 Å². The van der Waals surface area contributed by atoms with Crippen LogP contribution in [0.25, 0.3) is 0 Å². The Hall–Kier alpha value is -1.40. The lowest BCUT2D eigenvalue weighted by Gasteiger charge is -2.35. The maximum atomic E-state index is 12.1. The molecule has 1 atom stereocenters. The molecule has 0 unspecified atom stereocenters. The highest BCUT2D eigenvalue weighted by Crippen LogP contribution is 2.14. The van der Waals surface area contributed by atoms with Crippen molar-refractivity contribution >= 4 is 23.2 Å².